The summed E-state index contributed by atoms with van der Waals surface area (Å²) < 4.78 is 46.3. The molecule has 22 heteroatoms. The molecule has 0 spiro atoms. The molecule has 4 aliphatic heterocycles. The first kappa shape index (κ1) is 42.4. The van der Waals surface area contributed by atoms with Gasteiger partial charge in [-0.3, -0.25) is 4.79 Å². The fraction of sp³-hybridized carbons (Fsp3) is 0.966. The molecule has 0 radical (unpaired) electrons. The highest BCUT2D eigenvalue weighted by Crippen LogP contribution is 2.36. The summed E-state index contributed by atoms with van der Waals surface area (Å²) in [6, 6.07) is -1.29. The first-order valence-electron chi connectivity index (χ1n) is 16.6. The van der Waals surface area contributed by atoms with E-state index >= 15 is 0 Å². The van der Waals surface area contributed by atoms with Crippen molar-refractivity contribution in [1.82, 2.24) is 5.32 Å². The number of aliphatic hydroxyl groups excluding tert-OH is 11. The van der Waals surface area contributed by atoms with Gasteiger partial charge in [0, 0.05) is 6.92 Å². The number of hydrogen-bond acceptors (Lipinski definition) is 21. The van der Waals surface area contributed by atoms with Gasteiger partial charge in [-0.05, 0) is 19.9 Å². The third-order valence-corrected chi connectivity index (χ3v) is 9.18. The Bertz CT molecular complexity index is 1080. The highest BCUT2D eigenvalue weighted by Gasteiger charge is 2.56. The molecular weight excluding hydrogens is 696 g/mol. The lowest BCUT2D eigenvalue weighted by molar-refractivity contribution is -0.402. The summed E-state index contributed by atoms with van der Waals surface area (Å²) in [7, 11) is 0. The van der Waals surface area contributed by atoms with E-state index in [1.54, 1.807) is 0 Å². The molecule has 0 aromatic rings. The van der Waals surface area contributed by atoms with E-state index in [0.29, 0.717) is 6.42 Å². The Morgan fingerprint density at radius 2 is 1.12 bits per heavy atom. The van der Waals surface area contributed by atoms with E-state index in [1.807, 2.05) is 0 Å². The molecule has 0 aliphatic carbocycles. The van der Waals surface area contributed by atoms with Crippen LogP contribution in [0.2, 0.25) is 0 Å². The first-order valence-corrected chi connectivity index (χ1v) is 16.6. The zero-order valence-corrected chi connectivity index (χ0v) is 28.0. The molecule has 4 fully saturated rings. The second kappa shape index (κ2) is 18.8. The second-order valence-corrected chi connectivity index (χ2v) is 12.9. The minimum atomic E-state index is -1.99. The average molecular weight is 749 g/mol. The number of hydrogen-bond donors (Lipinski definition) is 13. The third kappa shape index (κ3) is 9.49. The third-order valence-electron chi connectivity index (χ3n) is 9.18. The standard InChI is InChI=1S/C29H52N2O20/c1-9-15(36)19(40)21(42)27(45-9)51-25-24(50-28-22(43)20(41)16(37)11(6-32)46-28)17(38)12(7-33)47-29(25)49-23-13(8-34)48-26(44-5-3-4-30)14(18(23)39)31-10(2)35/h9,11-29,32-34,36-43H,3-8,30H2,1-2H3,(H,31,35)/t9?,11?,12?,13?,14?,15-,16-,17+,18-,19+,20+,21?,22?,23-,24+,25?,26-,27+,28-,29+/m1/s1. The van der Waals surface area contributed by atoms with Gasteiger partial charge in [-0.2, -0.15) is 0 Å². The molecule has 298 valence electrons. The van der Waals surface area contributed by atoms with Crippen molar-refractivity contribution < 1.29 is 98.9 Å². The number of aliphatic hydroxyl groups is 11. The number of ether oxygens (including phenoxy) is 8. The van der Waals surface area contributed by atoms with Gasteiger partial charge in [-0.15, -0.1) is 0 Å². The minimum absolute atomic E-state index is 0.0605. The molecule has 0 bridgehead atoms. The summed E-state index contributed by atoms with van der Waals surface area (Å²) in [4.78, 5) is 12.1. The van der Waals surface area contributed by atoms with Gasteiger partial charge in [-0.1, -0.05) is 0 Å². The Kier molecular flexibility index (Phi) is 15.6. The summed E-state index contributed by atoms with van der Waals surface area (Å²) >= 11 is 0. The summed E-state index contributed by atoms with van der Waals surface area (Å²) in [5, 5.41) is 118. The van der Waals surface area contributed by atoms with Gasteiger partial charge in [0.2, 0.25) is 5.91 Å². The molecule has 4 rings (SSSR count). The minimum Gasteiger partial charge on any atom is -0.394 e. The maximum Gasteiger partial charge on any atom is 0.217 e. The van der Waals surface area contributed by atoms with E-state index in [1.165, 1.54) is 13.8 Å². The van der Waals surface area contributed by atoms with Crippen LogP contribution < -0.4 is 11.1 Å². The molecule has 8 unspecified atom stereocenters. The molecule has 4 heterocycles. The molecule has 4 aliphatic rings. The van der Waals surface area contributed by atoms with Crippen molar-refractivity contribution in [1.29, 1.82) is 0 Å². The Morgan fingerprint density at radius 3 is 1.71 bits per heavy atom. The molecule has 20 atom stereocenters. The maximum atomic E-state index is 12.1. The highest BCUT2D eigenvalue weighted by atomic mass is 16.8. The van der Waals surface area contributed by atoms with E-state index in [-0.39, 0.29) is 13.2 Å². The molecule has 0 aromatic heterocycles. The van der Waals surface area contributed by atoms with Gasteiger partial charge in [0.15, 0.2) is 25.2 Å². The van der Waals surface area contributed by atoms with Crippen molar-refractivity contribution in [3.05, 3.63) is 0 Å². The predicted molar refractivity (Wildman–Crippen MR) is 161 cm³/mol. The van der Waals surface area contributed by atoms with Crippen molar-refractivity contribution in [2.24, 2.45) is 5.73 Å². The highest BCUT2D eigenvalue weighted by molar-refractivity contribution is 5.73. The van der Waals surface area contributed by atoms with Crippen LogP contribution >= 0.6 is 0 Å². The first-order chi connectivity index (χ1) is 24.2. The molecule has 14 N–H and O–H groups in total. The summed E-state index contributed by atoms with van der Waals surface area (Å²) in [5.41, 5.74) is 5.54. The SMILES string of the molecule is CC(=O)NC1[C@H](OCCCN)OC(CO)[C@@H](O[C@@H]2OC(CO)[C@H](O)[C@H](O[C@H]3OC(CO)[C@@H](O)[C@H](O)C3O)C2O[C@@H]2OC(C)[C@@H](O)[C@H](O)C2O)[C@@H]1O. The lowest BCUT2D eigenvalue weighted by Crippen LogP contribution is -2.69. The lowest BCUT2D eigenvalue weighted by atomic mass is 9.94. The van der Waals surface area contributed by atoms with Crippen LogP contribution in [0.4, 0.5) is 0 Å². The van der Waals surface area contributed by atoms with E-state index < -0.39 is 148 Å². The number of nitrogens with two attached hydrogens (primary N) is 1. The van der Waals surface area contributed by atoms with Crippen LogP contribution in [0.15, 0.2) is 0 Å². The van der Waals surface area contributed by atoms with Crippen LogP contribution in [0.25, 0.3) is 0 Å². The van der Waals surface area contributed by atoms with Crippen LogP contribution in [0, 0.1) is 0 Å². The van der Waals surface area contributed by atoms with E-state index in [2.05, 4.69) is 5.32 Å². The molecule has 4 saturated heterocycles. The molecule has 22 nitrogen and oxygen atoms in total. The topological polar surface area (TPSA) is 351 Å². The van der Waals surface area contributed by atoms with Gasteiger partial charge < -0.3 is 105 Å². The van der Waals surface area contributed by atoms with Crippen LogP contribution in [-0.4, -0.2) is 218 Å². The number of amides is 1. The largest absolute Gasteiger partial charge is 0.394 e. The van der Waals surface area contributed by atoms with Gasteiger partial charge >= 0.3 is 0 Å². The number of carbonyl (C=O) groups is 1. The normalized spacial score (nSPS) is 48.0. The average Bonchev–Trinajstić information content (AvgIpc) is 3.10. The number of nitrogens with one attached hydrogen (secondary N) is 1. The monoisotopic (exact) mass is 748 g/mol. The van der Waals surface area contributed by atoms with E-state index in [9.17, 15) is 61.0 Å². The Balaban J connectivity index is 1.70. The van der Waals surface area contributed by atoms with Gasteiger partial charge in [0.1, 0.15) is 91.5 Å². The van der Waals surface area contributed by atoms with Crippen LogP contribution in [0.1, 0.15) is 20.3 Å². The molecular formula is C29H52N2O20. The van der Waals surface area contributed by atoms with Crippen molar-refractivity contribution in [2.75, 3.05) is 33.0 Å². The lowest BCUT2D eigenvalue weighted by Gasteiger charge is -2.50. The Hall–Kier alpha value is -1.33. The Morgan fingerprint density at radius 1 is 0.608 bits per heavy atom. The summed E-state index contributed by atoms with van der Waals surface area (Å²) in [5.74, 6) is -0.596. The second-order valence-electron chi connectivity index (χ2n) is 12.9. The molecule has 51 heavy (non-hydrogen) atoms. The predicted octanol–water partition coefficient (Wildman–Crippen LogP) is -8.20. The zero-order chi connectivity index (χ0) is 37.7. The van der Waals surface area contributed by atoms with Gasteiger partial charge in [0.05, 0.1) is 32.5 Å². The van der Waals surface area contributed by atoms with Crippen molar-refractivity contribution in [2.45, 2.75) is 143 Å². The quantitative estimate of drug-likeness (QED) is 0.0733. The van der Waals surface area contributed by atoms with Gasteiger partial charge in [0.25, 0.3) is 0 Å². The van der Waals surface area contributed by atoms with E-state index in [0.717, 1.165) is 0 Å². The number of rotatable bonds is 14. The zero-order valence-electron chi connectivity index (χ0n) is 28.0. The van der Waals surface area contributed by atoms with Crippen LogP contribution in [-0.2, 0) is 42.7 Å². The number of carbonyl (C=O) groups excluding carboxylic acids is 1. The van der Waals surface area contributed by atoms with Gasteiger partial charge in [-0.25, -0.2) is 0 Å². The fourth-order valence-electron chi connectivity index (χ4n) is 6.27. The van der Waals surface area contributed by atoms with Crippen molar-refractivity contribution in [3.8, 4) is 0 Å². The maximum absolute atomic E-state index is 12.1. The van der Waals surface area contributed by atoms with E-state index in [4.69, 9.17) is 43.6 Å². The van der Waals surface area contributed by atoms with Crippen molar-refractivity contribution in [3.63, 3.8) is 0 Å². The van der Waals surface area contributed by atoms with Crippen LogP contribution in [0.5, 0.6) is 0 Å². The summed E-state index contributed by atoms with van der Waals surface area (Å²) in [6.45, 7) is 0.329. The molecule has 0 aromatic carbocycles. The molecule has 1 amide bonds. The summed E-state index contributed by atoms with van der Waals surface area (Å²) in [6.07, 6.45) is -31.8. The van der Waals surface area contributed by atoms with Crippen molar-refractivity contribution >= 4 is 5.91 Å². The smallest absolute Gasteiger partial charge is 0.217 e. The fourth-order valence-corrected chi connectivity index (χ4v) is 6.27. The van der Waals surface area contributed by atoms with Crippen LogP contribution in [0.3, 0.4) is 0 Å². The molecule has 0 saturated carbocycles. The Labute approximate surface area is 292 Å².